The smallest absolute Gasteiger partial charge is 0.320 e. The number of imide groups is 2. The molecule has 0 aliphatic carbocycles. The summed E-state index contributed by atoms with van der Waals surface area (Å²) in [7, 11) is 5.01. The van der Waals surface area contributed by atoms with Gasteiger partial charge in [-0.05, 0) is 170 Å². The molecule has 6 amide bonds. The maximum absolute atomic E-state index is 12.0. The molecule has 450 valence electrons. The Bertz CT molecular complexity index is 2090. The molecule has 0 aromatic carbocycles. The summed E-state index contributed by atoms with van der Waals surface area (Å²) in [5.74, 6) is -2.98. The van der Waals surface area contributed by atoms with Crippen LogP contribution >= 0.6 is 43.5 Å². The summed E-state index contributed by atoms with van der Waals surface area (Å²) in [5, 5.41) is 11.2. The van der Waals surface area contributed by atoms with Crippen molar-refractivity contribution in [3.05, 3.63) is 24.3 Å². The number of amides is 6. The highest BCUT2D eigenvalue weighted by atomic mass is 32.7. The number of nitrogens with two attached hydrogens (primary N) is 2. The van der Waals surface area contributed by atoms with Gasteiger partial charge < -0.3 is 36.3 Å². The fraction of sp³-hybridized carbons (Fsp3) is 0.674. The van der Waals surface area contributed by atoms with E-state index in [4.69, 9.17) is 43.6 Å². The molecule has 0 radical (unpaired) electrons. The number of esters is 3. The van der Waals surface area contributed by atoms with Gasteiger partial charge in [0.15, 0.2) is 0 Å². The predicted molar refractivity (Wildman–Crippen MR) is 336 cm³/mol. The molecule has 2 aliphatic rings. The number of carbonyl (C=O) groups is 11. The Morgan fingerprint density at radius 2 is 0.838 bits per heavy atom. The van der Waals surface area contributed by atoms with Gasteiger partial charge in [-0.25, -0.2) is 0 Å². The lowest BCUT2D eigenvalue weighted by atomic mass is 10.1. The number of unbranched alkanes of at least 4 members (excludes halogenated alkanes) is 2. The molecule has 22 nitrogen and oxygen atoms in total. The van der Waals surface area contributed by atoms with E-state index in [1.165, 1.54) is 31.4 Å². The average Bonchev–Trinajstić information content (AvgIpc) is 3.87. The van der Waals surface area contributed by atoms with E-state index in [-0.39, 0.29) is 106 Å². The van der Waals surface area contributed by atoms with Crippen LogP contribution in [0.1, 0.15) is 114 Å². The van der Waals surface area contributed by atoms with E-state index in [1.54, 1.807) is 20.8 Å². The average molecular weight is 1340 g/mol. The zero-order valence-corrected chi connectivity index (χ0v) is 56.9. The quantitative estimate of drug-likeness (QED) is 0.0138. The maximum atomic E-state index is 12.0. The lowest BCUT2D eigenvalue weighted by Crippen LogP contribution is -2.40. The molecule has 0 aromatic rings. The Morgan fingerprint density at radius 1 is 0.525 bits per heavy atom. The summed E-state index contributed by atoms with van der Waals surface area (Å²) >= 11 is 27.5. The van der Waals surface area contributed by atoms with E-state index < -0.39 is 41.2 Å². The SMILES string of the molecule is CC(C)(C)OC(=O)CNC(CCCCNC(=O)CCN1C(=O)C=CC1=O)C(=O)P=S.CC(C)(C)OC(=O)CP=S.CC(C)(C)OC(=O)CP=S.CN.NCNC(CCCCNC(=O)CCN1C(=O)C=CC1=O)C(=O)P=S.S=PP=S. The monoisotopic (exact) mass is 1340 g/mol. The molecule has 8 N–H and O–H groups in total. The molecule has 2 atom stereocenters. The standard InChI is InChI=1S/C19H28N3O6PS.C14H21N4O4PS.2C6H11O2PS.CH5N.P2S2/c1-19(2,3)28-17(26)12-21-13(18(27)29-30)6-4-5-10-20-14(23)9-11-22-15(24)7-8-16(22)25;15-9-17-10(14(22)23-24)3-1-2-7-16-11(19)6-8-18-12(20)4-5-13(18)21;2*1-6(2,3)8-5(7)4-9-10;1-2;3-1-2-4/h7-8,13,21H,4-6,9-12H2,1-3H3,(H,20,23);4-5,10,17H,1-3,6-9,15H2,(H,16,19);2*4H2,1-3H3;2H2,1H3;. The third-order valence-electron chi connectivity index (χ3n) is 8.72. The molecule has 0 fully saturated rings. The van der Waals surface area contributed by atoms with Gasteiger partial charge in [-0.3, -0.25) is 73.2 Å². The van der Waals surface area contributed by atoms with Crippen molar-refractivity contribution >= 4 is 179 Å². The number of hydrogen-bond acceptors (Lipinski definition) is 24. The molecule has 0 saturated carbocycles. The number of rotatable bonds is 30. The van der Waals surface area contributed by atoms with Crippen molar-refractivity contribution in [3.8, 4) is 0 Å². The molecule has 0 saturated heterocycles. The summed E-state index contributed by atoms with van der Waals surface area (Å²) in [4.78, 5) is 128. The fourth-order valence-corrected chi connectivity index (χ4v) is 8.07. The first-order valence-electron chi connectivity index (χ1n) is 24.3. The van der Waals surface area contributed by atoms with E-state index >= 15 is 0 Å². The van der Waals surface area contributed by atoms with Gasteiger partial charge in [-0.15, -0.1) is 0 Å². The van der Waals surface area contributed by atoms with Gasteiger partial charge in [-0.2, -0.15) is 0 Å². The highest BCUT2D eigenvalue weighted by Gasteiger charge is 2.26. The molecule has 80 heavy (non-hydrogen) atoms. The van der Waals surface area contributed by atoms with Crippen molar-refractivity contribution in [1.82, 2.24) is 31.1 Å². The van der Waals surface area contributed by atoms with Crippen molar-refractivity contribution in [2.75, 3.05) is 58.8 Å². The molecule has 34 heteroatoms. The highest BCUT2D eigenvalue weighted by molar-refractivity contribution is 8.40. The van der Waals surface area contributed by atoms with Crippen molar-refractivity contribution in [2.45, 2.75) is 143 Å². The minimum atomic E-state index is -0.599. The third-order valence-corrected chi connectivity index (χ3v) is 15.0. The van der Waals surface area contributed by atoms with Crippen LogP contribution in [0.15, 0.2) is 24.3 Å². The number of carbonyl (C=O) groups excluding carboxylic acids is 11. The molecule has 2 heterocycles. The molecule has 0 spiro atoms. The normalized spacial score (nSPS) is 13.5. The molecule has 0 aromatic heterocycles. The second-order valence-electron chi connectivity index (χ2n) is 18.8. The largest absolute Gasteiger partial charge is 0.459 e. The zero-order valence-electron chi connectivity index (χ0n) is 46.7. The second-order valence-corrected chi connectivity index (χ2v) is 28.1. The van der Waals surface area contributed by atoms with Crippen LogP contribution in [-0.2, 0) is 138 Å². The zero-order chi connectivity index (χ0) is 62.5. The van der Waals surface area contributed by atoms with Gasteiger partial charge in [0.1, 0.15) is 16.8 Å². The molecule has 2 unspecified atom stereocenters. The maximum Gasteiger partial charge on any atom is 0.320 e. The Hall–Kier alpha value is -2.59. The van der Waals surface area contributed by atoms with Gasteiger partial charge >= 0.3 is 17.9 Å². The van der Waals surface area contributed by atoms with Gasteiger partial charge in [-0.1, -0.05) is 23.6 Å². The van der Waals surface area contributed by atoms with Crippen LogP contribution < -0.4 is 32.7 Å². The third kappa shape index (κ3) is 50.0. The molecule has 0 bridgehead atoms. The Morgan fingerprint density at radius 3 is 1.11 bits per heavy atom. The van der Waals surface area contributed by atoms with Crippen molar-refractivity contribution < 1.29 is 67.0 Å². The summed E-state index contributed by atoms with van der Waals surface area (Å²) in [6, 6.07) is -0.892. The Balaban J connectivity index is -0.000000508. The topological polar surface area (TPSA) is 322 Å². The van der Waals surface area contributed by atoms with Crippen molar-refractivity contribution in [3.63, 3.8) is 0 Å². The lowest BCUT2D eigenvalue weighted by molar-refractivity contribution is -0.154. The minimum Gasteiger partial charge on any atom is -0.459 e. The van der Waals surface area contributed by atoms with Gasteiger partial charge in [0.05, 0.1) is 45.7 Å². The summed E-state index contributed by atoms with van der Waals surface area (Å²) in [5.41, 5.74) is 8.26. The van der Waals surface area contributed by atoms with Crippen molar-refractivity contribution in [1.29, 1.82) is 0 Å². The number of nitrogens with one attached hydrogen (secondary N) is 4. The van der Waals surface area contributed by atoms with E-state index in [2.05, 4.69) is 74.2 Å². The van der Waals surface area contributed by atoms with E-state index in [0.717, 1.165) is 30.3 Å². The van der Waals surface area contributed by atoms with Gasteiger partial charge in [0.2, 0.25) is 22.9 Å². The molecular weight excluding hydrogens is 1270 g/mol. The van der Waals surface area contributed by atoms with E-state index in [9.17, 15) is 52.7 Å². The Kier molecular flexibility index (Phi) is 52.2. The summed E-state index contributed by atoms with van der Waals surface area (Å²) in [6.45, 7) is 17.4. The number of hydrogen-bond donors (Lipinski definition) is 6. The van der Waals surface area contributed by atoms with E-state index in [1.807, 2.05) is 41.5 Å². The van der Waals surface area contributed by atoms with E-state index in [0.29, 0.717) is 72.2 Å². The van der Waals surface area contributed by atoms with Crippen LogP contribution in [0.4, 0.5) is 0 Å². The summed E-state index contributed by atoms with van der Waals surface area (Å²) < 4.78 is 15.1. The Labute approximate surface area is 510 Å². The van der Waals surface area contributed by atoms with Crippen molar-refractivity contribution in [2.24, 2.45) is 11.5 Å². The van der Waals surface area contributed by atoms with Crippen LogP contribution in [0.3, 0.4) is 0 Å². The highest BCUT2D eigenvalue weighted by Crippen LogP contribution is 2.14. The lowest BCUT2D eigenvalue weighted by Gasteiger charge is -2.21. The first-order chi connectivity index (χ1) is 37.3. The van der Waals surface area contributed by atoms with Crippen LogP contribution in [0, 0.1) is 0 Å². The molecular formula is C46H76N8O14P6S6. The van der Waals surface area contributed by atoms with Gasteiger partial charge in [0.25, 0.3) is 23.6 Å². The molecule has 2 rings (SSSR count). The van der Waals surface area contributed by atoms with Crippen LogP contribution in [0.2, 0.25) is 0 Å². The second kappa shape index (κ2) is 49.8. The van der Waals surface area contributed by atoms with Crippen LogP contribution in [-0.4, -0.2) is 162 Å². The minimum absolute atomic E-state index is 0.0343. The molecule has 2 aliphatic heterocycles. The number of ether oxygens (including phenoxy) is 3. The van der Waals surface area contributed by atoms with Crippen LogP contribution in [0.25, 0.3) is 0 Å². The number of nitrogens with zero attached hydrogens (tertiary/aromatic N) is 2. The fourth-order valence-electron chi connectivity index (χ4n) is 5.64. The first kappa shape index (κ1) is 83.9. The van der Waals surface area contributed by atoms with Crippen LogP contribution in [0.5, 0.6) is 0 Å². The predicted octanol–water partition coefficient (Wildman–Crippen LogP) is 4.98. The van der Waals surface area contributed by atoms with Gasteiger partial charge in [0, 0.05) is 84.1 Å². The first-order valence-corrected chi connectivity index (χ1v) is 36.9. The summed E-state index contributed by atoms with van der Waals surface area (Å²) in [6.07, 6.45) is 9.26.